The van der Waals surface area contributed by atoms with Gasteiger partial charge in [-0.3, -0.25) is 0 Å². The van der Waals surface area contributed by atoms with Gasteiger partial charge >= 0.3 is 6.03 Å². The molecule has 0 atom stereocenters. The normalized spacial score (nSPS) is 13.8. The topological polar surface area (TPSA) is 73.4 Å². The number of aromatic nitrogens is 2. The zero-order valence-electron chi connectivity index (χ0n) is 18.2. The van der Waals surface area contributed by atoms with Gasteiger partial charge in [-0.2, -0.15) is 4.98 Å². The first-order chi connectivity index (χ1) is 15.0. The van der Waals surface area contributed by atoms with Crippen LogP contribution in [0.15, 0.2) is 54.6 Å². The molecule has 2 amide bonds. The second-order valence-electron chi connectivity index (χ2n) is 7.91. The van der Waals surface area contributed by atoms with Gasteiger partial charge in [0.05, 0.1) is 0 Å². The summed E-state index contributed by atoms with van der Waals surface area (Å²) >= 11 is 0. The van der Waals surface area contributed by atoms with Crippen molar-refractivity contribution in [1.82, 2.24) is 14.9 Å². The number of nitrogens with one attached hydrogen (secondary N) is 2. The van der Waals surface area contributed by atoms with Gasteiger partial charge in [0.2, 0.25) is 5.95 Å². The van der Waals surface area contributed by atoms with Crippen LogP contribution >= 0.6 is 0 Å². The average molecular weight is 417 g/mol. The SMILES string of the molecule is Cc1ccc(C)c(NC(=O)N2CCN(c3nc(C)cc(Nc4ccccc4)n3)CC2)c1. The molecule has 0 spiro atoms. The summed E-state index contributed by atoms with van der Waals surface area (Å²) < 4.78 is 0. The molecule has 2 aromatic carbocycles. The maximum atomic E-state index is 12.7. The Bertz CT molecular complexity index is 1060. The maximum absolute atomic E-state index is 12.7. The lowest BCUT2D eigenvalue weighted by Crippen LogP contribution is -2.50. The molecule has 1 aliphatic heterocycles. The number of rotatable bonds is 4. The van der Waals surface area contributed by atoms with Crippen molar-refractivity contribution in [2.45, 2.75) is 20.8 Å². The minimum Gasteiger partial charge on any atom is -0.340 e. The number of carbonyl (C=O) groups excluding carboxylic acids is 1. The third kappa shape index (κ3) is 5.12. The monoisotopic (exact) mass is 416 g/mol. The van der Waals surface area contributed by atoms with E-state index in [2.05, 4.69) is 20.5 Å². The molecule has 0 aliphatic carbocycles. The fourth-order valence-electron chi connectivity index (χ4n) is 3.60. The standard InChI is InChI=1S/C24H28N6O/c1-17-9-10-18(2)21(15-17)27-24(31)30-13-11-29(12-14-30)23-25-19(3)16-22(28-23)26-20-7-5-4-6-8-20/h4-10,15-16H,11-14H2,1-3H3,(H,27,31)(H,25,26,28). The summed E-state index contributed by atoms with van der Waals surface area (Å²) in [6.45, 7) is 8.61. The minimum atomic E-state index is -0.0649. The van der Waals surface area contributed by atoms with E-state index in [0.717, 1.165) is 34.0 Å². The van der Waals surface area contributed by atoms with Gasteiger partial charge in [-0.25, -0.2) is 9.78 Å². The predicted molar refractivity (Wildman–Crippen MR) is 125 cm³/mol. The van der Waals surface area contributed by atoms with Crippen LogP contribution in [0, 0.1) is 20.8 Å². The first-order valence-corrected chi connectivity index (χ1v) is 10.5. The van der Waals surface area contributed by atoms with E-state index in [9.17, 15) is 4.79 Å². The number of para-hydroxylation sites is 1. The molecule has 7 heteroatoms. The quantitative estimate of drug-likeness (QED) is 0.655. The Kier molecular flexibility index (Phi) is 6.02. The summed E-state index contributed by atoms with van der Waals surface area (Å²) in [7, 11) is 0. The molecular weight excluding hydrogens is 388 g/mol. The van der Waals surface area contributed by atoms with E-state index in [4.69, 9.17) is 4.98 Å². The number of urea groups is 1. The van der Waals surface area contributed by atoms with Gasteiger partial charge in [0, 0.05) is 49.3 Å². The van der Waals surface area contributed by atoms with Crippen molar-refractivity contribution < 1.29 is 4.79 Å². The lowest BCUT2D eigenvalue weighted by Gasteiger charge is -2.35. The van der Waals surface area contributed by atoms with Gasteiger partial charge in [0.15, 0.2) is 0 Å². The maximum Gasteiger partial charge on any atom is 0.321 e. The average Bonchev–Trinajstić information content (AvgIpc) is 2.77. The molecule has 31 heavy (non-hydrogen) atoms. The Balaban J connectivity index is 1.39. The lowest BCUT2D eigenvalue weighted by atomic mass is 10.1. The molecule has 4 rings (SSSR count). The van der Waals surface area contributed by atoms with Crippen LogP contribution in [0.25, 0.3) is 0 Å². The molecule has 0 saturated carbocycles. The molecule has 1 fully saturated rings. The molecule has 1 saturated heterocycles. The number of amides is 2. The van der Waals surface area contributed by atoms with Gasteiger partial charge in [0.25, 0.3) is 0 Å². The third-order valence-electron chi connectivity index (χ3n) is 5.37. The highest BCUT2D eigenvalue weighted by Crippen LogP contribution is 2.20. The van der Waals surface area contributed by atoms with Crippen molar-refractivity contribution in [3.63, 3.8) is 0 Å². The van der Waals surface area contributed by atoms with E-state index >= 15 is 0 Å². The van der Waals surface area contributed by atoms with E-state index in [1.807, 2.05) is 80.3 Å². The largest absolute Gasteiger partial charge is 0.340 e. The summed E-state index contributed by atoms with van der Waals surface area (Å²) in [5, 5.41) is 6.38. The van der Waals surface area contributed by atoms with E-state index in [0.29, 0.717) is 32.1 Å². The van der Waals surface area contributed by atoms with Gasteiger partial charge in [-0.05, 0) is 50.1 Å². The van der Waals surface area contributed by atoms with Crippen LogP contribution < -0.4 is 15.5 Å². The summed E-state index contributed by atoms with van der Waals surface area (Å²) in [4.78, 5) is 26.0. The zero-order valence-corrected chi connectivity index (χ0v) is 18.2. The Morgan fingerprint density at radius 1 is 0.903 bits per heavy atom. The van der Waals surface area contributed by atoms with Crippen LogP contribution in [-0.2, 0) is 0 Å². The van der Waals surface area contributed by atoms with Crippen molar-refractivity contribution in [3.8, 4) is 0 Å². The smallest absolute Gasteiger partial charge is 0.321 e. The molecule has 3 aromatic rings. The van der Waals surface area contributed by atoms with Crippen molar-refractivity contribution in [2.75, 3.05) is 41.7 Å². The molecular formula is C24H28N6O. The molecule has 0 unspecified atom stereocenters. The van der Waals surface area contributed by atoms with Gasteiger partial charge in [-0.15, -0.1) is 0 Å². The van der Waals surface area contributed by atoms with Gasteiger partial charge in [0.1, 0.15) is 5.82 Å². The second kappa shape index (κ2) is 9.04. The second-order valence-corrected chi connectivity index (χ2v) is 7.91. The molecule has 1 aliphatic rings. The molecule has 0 bridgehead atoms. The first-order valence-electron chi connectivity index (χ1n) is 10.5. The third-order valence-corrected chi connectivity index (χ3v) is 5.37. The number of hydrogen-bond donors (Lipinski definition) is 2. The number of carbonyl (C=O) groups is 1. The number of benzene rings is 2. The van der Waals surface area contributed by atoms with Gasteiger partial charge < -0.3 is 20.4 Å². The van der Waals surface area contributed by atoms with Crippen molar-refractivity contribution in [3.05, 3.63) is 71.4 Å². The van der Waals surface area contributed by atoms with Crippen LogP contribution in [-0.4, -0.2) is 47.1 Å². The van der Waals surface area contributed by atoms with Gasteiger partial charge in [-0.1, -0.05) is 30.3 Å². The molecule has 1 aromatic heterocycles. The highest BCUT2D eigenvalue weighted by atomic mass is 16.2. The Morgan fingerprint density at radius 3 is 2.39 bits per heavy atom. The number of hydrogen-bond acceptors (Lipinski definition) is 5. The Hall–Kier alpha value is -3.61. The van der Waals surface area contributed by atoms with Crippen LogP contribution in [0.2, 0.25) is 0 Å². The molecule has 2 N–H and O–H groups in total. The van der Waals surface area contributed by atoms with E-state index in [-0.39, 0.29) is 6.03 Å². The molecule has 7 nitrogen and oxygen atoms in total. The summed E-state index contributed by atoms with van der Waals surface area (Å²) in [5.74, 6) is 1.46. The lowest BCUT2D eigenvalue weighted by molar-refractivity contribution is 0.208. The Labute approximate surface area is 183 Å². The minimum absolute atomic E-state index is 0.0649. The summed E-state index contributed by atoms with van der Waals surface area (Å²) in [6.07, 6.45) is 0. The van der Waals surface area contributed by atoms with Crippen molar-refractivity contribution in [2.24, 2.45) is 0 Å². The van der Waals surface area contributed by atoms with E-state index in [1.54, 1.807) is 0 Å². The highest BCUT2D eigenvalue weighted by Gasteiger charge is 2.23. The number of aryl methyl sites for hydroxylation is 3. The van der Waals surface area contributed by atoms with E-state index in [1.165, 1.54) is 0 Å². The van der Waals surface area contributed by atoms with E-state index < -0.39 is 0 Å². The summed E-state index contributed by atoms with van der Waals surface area (Å²) in [5.41, 5.74) is 4.94. The first kappa shape index (κ1) is 20.7. The number of piperazine rings is 1. The zero-order chi connectivity index (χ0) is 21.8. The van der Waals surface area contributed by atoms with Crippen molar-refractivity contribution in [1.29, 1.82) is 0 Å². The van der Waals surface area contributed by atoms with Crippen LogP contribution in [0.3, 0.4) is 0 Å². The number of nitrogens with zero attached hydrogens (tertiary/aromatic N) is 4. The Morgan fingerprint density at radius 2 is 1.65 bits per heavy atom. The predicted octanol–water partition coefficient (Wildman–Crippen LogP) is 4.50. The number of anilines is 4. The fourth-order valence-corrected chi connectivity index (χ4v) is 3.60. The van der Waals surface area contributed by atoms with Crippen LogP contribution in [0.1, 0.15) is 16.8 Å². The molecule has 0 radical (unpaired) electrons. The molecule has 2 heterocycles. The highest BCUT2D eigenvalue weighted by molar-refractivity contribution is 5.90. The molecule has 160 valence electrons. The van der Waals surface area contributed by atoms with Crippen molar-refractivity contribution >= 4 is 29.2 Å². The van der Waals surface area contributed by atoms with Crippen LogP contribution in [0.4, 0.5) is 27.9 Å². The van der Waals surface area contributed by atoms with Crippen LogP contribution in [0.5, 0.6) is 0 Å². The fraction of sp³-hybridized carbons (Fsp3) is 0.292. The summed E-state index contributed by atoms with van der Waals surface area (Å²) in [6, 6.07) is 17.9.